The maximum absolute atomic E-state index is 11.9. The fraction of sp³-hybridized carbons (Fsp3) is 0.316. The highest BCUT2D eigenvalue weighted by atomic mass is 16.5. The van der Waals surface area contributed by atoms with Crippen molar-refractivity contribution in [1.29, 1.82) is 0 Å². The second-order valence-electron chi connectivity index (χ2n) is 5.69. The normalized spacial score (nSPS) is 14.8. The number of ether oxygens (including phenoxy) is 2. The molecular weight excluding hydrogens is 304 g/mol. The third kappa shape index (κ3) is 4.73. The highest BCUT2D eigenvalue weighted by molar-refractivity contribution is 5.84. The van der Waals surface area contributed by atoms with Gasteiger partial charge in [0.2, 0.25) is 0 Å². The van der Waals surface area contributed by atoms with Crippen molar-refractivity contribution in [3.05, 3.63) is 60.2 Å². The van der Waals surface area contributed by atoms with E-state index < -0.39 is 6.09 Å². The molecule has 126 valence electrons. The van der Waals surface area contributed by atoms with Gasteiger partial charge in [0.1, 0.15) is 6.61 Å². The maximum Gasteiger partial charge on any atom is 0.411 e. The van der Waals surface area contributed by atoms with Gasteiger partial charge in [-0.2, -0.15) is 0 Å². The number of amides is 1. The summed E-state index contributed by atoms with van der Waals surface area (Å²) in [5.74, 6) is 0. The van der Waals surface area contributed by atoms with Gasteiger partial charge in [0.15, 0.2) is 0 Å². The SMILES string of the molecule is O=C(Nc1ccc(N2CCCOCC2)cc1)OCc1ccccc1. The Labute approximate surface area is 142 Å². The van der Waals surface area contributed by atoms with E-state index in [1.165, 1.54) is 0 Å². The zero-order valence-electron chi connectivity index (χ0n) is 13.6. The van der Waals surface area contributed by atoms with Crippen molar-refractivity contribution in [2.24, 2.45) is 0 Å². The van der Waals surface area contributed by atoms with E-state index in [1.807, 2.05) is 54.6 Å². The molecule has 0 bridgehead atoms. The molecule has 0 saturated carbocycles. The first-order valence-corrected chi connectivity index (χ1v) is 8.22. The van der Waals surface area contributed by atoms with Crippen LogP contribution in [0, 0.1) is 0 Å². The quantitative estimate of drug-likeness (QED) is 0.931. The second kappa shape index (κ2) is 8.36. The standard InChI is InChI=1S/C19H22N2O3/c22-19(24-15-16-5-2-1-3-6-16)20-17-7-9-18(10-8-17)21-11-4-13-23-14-12-21/h1-3,5-10H,4,11-15H2,(H,20,22). The van der Waals surface area contributed by atoms with E-state index in [4.69, 9.17) is 9.47 Å². The second-order valence-corrected chi connectivity index (χ2v) is 5.69. The summed E-state index contributed by atoms with van der Waals surface area (Å²) in [6, 6.07) is 17.4. The first-order valence-electron chi connectivity index (χ1n) is 8.22. The maximum atomic E-state index is 11.9. The molecule has 1 aliphatic heterocycles. The van der Waals surface area contributed by atoms with Crippen LogP contribution in [-0.4, -0.2) is 32.4 Å². The van der Waals surface area contributed by atoms with E-state index in [-0.39, 0.29) is 6.61 Å². The van der Waals surface area contributed by atoms with Crippen LogP contribution in [0.2, 0.25) is 0 Å². The number of carbonyl (C=O) groups excluding carboxylic acids is 1. The Kier molecular flexibility index (Phi) is 5.69. The molecule has 2 aromatic carbocycles. The van der Waals surface area contributed by atoms with Gasteiger partial charge in [-0.25, -0.2) is 4.79 Å². The summed E-state index contributed by atoms with van der Waals surface area (Å²) >= 11 is 0. The van der Waals surface area contributed by atoms with Crippen molar-refractivity contribution in [3.8, 4) is 0 Å². The molecule has 1 fully saturated rings. The van der Waals surface area contributed by atoms with Crippen molar-refractivity contribution in [3.63, 3.8) is 0 Å². The van der Waals surface area contributed by atoms with Crippen LogP contribution in [0.25, 0.3) is 0 Å². The molecule has 0 aromatic heterocycles. The minimum absolute atomic E-state index is 0.262. The summed E-state index contributed by atoms with van der Waals surface area (Å²) < 4.78 is 10.7. The molecule has 1 aliphatic rings. The first kappa shape index (κ1) is 16.3. The Bertz CT molecular complexity index is 635. The summed E-state index contributed by atoms with van der Waals surface area (Å²) in [6.07, 6.45) is 0.584. The van der Waals surface area contributed by atoms with E-state index >= 15 is 0 Å². The average molecular weight is 326 g/mol. The largest absolute Gasteiger partial charge is 0.444 e. The topological polar surface area (TPSA) is 50.8 Å². The molecule has 3 rings (SSSR count). The van der Waals surface area contributed by atoms with Gasteiger partial charge in [0.25, 0.3) is 0 Å². The van der Waals surface area contributed by atoms with Crippen LogP contribution in [0.15, 0.2) is 54.6 Å². The number of nitrogens with one attached hydrogen (secondary N) is 1. The van der Waals surface area contributed by atoms with Gasteiger partial charge >= 0.3 is 6.09 Å². The number of anilines is 2. The summed E-state index contributed by atoms with van der Waals surface area (Å²) in [4.78, 5) is 14.2. The van der Waals surface area contributed by atoms with Crippen molar-refractivity contribution in [2.45, 2.75) is 13.0 Å². The zero-order valence-corrected chi connectivity index (χ0v) is 13.6. The highest BCUT2D eigenvalue weighted by Gasteiger charge is 2.10. The van der Waals surface area contributed by atoms with Crippen LogP contribution in [0.3, 0.4) is 0 Å². The molecule has 2 aromatic rings. The summed E-state index contributed by atoms with van der Waals surface area (Å²) in [6.45, 7) is 3.73. The number of benzene rings is 2. The minimum atomic E-state index is -0.449. The molecule has 1 N–H and O–H groups in total. The first-order chi connectivity index (χ1) is 11.8. The van der Waals surface area contributed by atoms with E-state index in [0.717, 1.165) is 49.7 Å². The molecule has 0 atom stereocenters. The highest BCUT2D eigenvalue weighted by Crippen LogP contribution is 2.19. The van der Waals surface area contributed by atoms with Crippen LogP contribution < -0.4 is 10.2 Å². The average Bonchev–Trinajstić information content (AvgIpc) is 2.91. The van der Waals surface area contributed by atoms with Crippen LogP contribution >= 0.6 is 0 Å². The molecule has 5 heteroatoms. The fourth-order valence-electron chi connectivity index (χ4n) is 2.64. The Morgan fingerprint density at radius 1 is 1.04 bits per heavy atom. The lowest BCUT2D eigenvalue weighted by Gasteiger charge is -2.22. The Balaban J connectivity index is 1.51. The van der Waals surface area contributed by atoms with E-state index in [9.17, 15) is 4.79 Å². The van der Waals surface area contributed by atoms with Gasteiger partial charge in [-0.3, -0.25) is 5.32 Å². The third-order valence-electron chi connectivity index (χ3n) is 3.91. The molecule has 0 spiro atoms. The van der Waals surface area contributed by atoms with Crippen LogP contribution in [-0.2, 0) is 16.1 Å². The van der Waals surface area contributed by atoms with Crippen LogP contribution in [0.5, 0.6) is 0 Å². The molecular formula is C19H22N2O3. The lowest BCUT2D eigenvalue weighted by atomic mass is 10.2. The lowest BCUT2D eigenvalue weighted by Crippen LogP contribution is -2.25. The minimum Gasteiger partial charge on any atom is -0.444 e. The van der Waals surface area contributed by atoms with E-state index in [0.29, 0.717) is 0 Å². The van der Waals surface area contributed by atoms with Gasteiger partial charge in [-0.15, -0.1) is 0 Å². The molecule has 0 unspecified atom stereocenters. The molecule has 1 heterocycles. The summed E-state index contributed by atoms with van der Waals surface area (Å²) in [5.41, 5.74) is 2.83. The lowest BCUT2D eigenvalue weighted by molar-refractivity contribution is 0.152. The van der Waals surface area contributed by atoms with Gasteiger partial charge in [-0.05, 0) is 36.2 Å². The molecule has 1 amide bonds. The van der Waals surface area contributed by atoms with E-state index in [1.54, 1.807) is 0 Å². The van der Waals surface area contributed by atoms with Gasteiger partial charge in [0.05, 0.1) is 6.61 Å². The Morgan fingerprint density at radius 2 is 1.83 bits per heavy atom. The van der Waals surface area contributed by atoms with Gasteiger partial charge in [0, 0.05) is 31.1 Å². The fourth-order valence-corrected chi connectivity index (χ4v) is 2.64. The van der Waals surface area contributed by atoms with Crippen LogP contribution in [0.4, 0.5) is 16.2 Å². The van der Waals surface area contributed by atoms with Gasteiger partial charge in [-0.1, -0.05) is 30.3 Å². The van der Waals surface area contributed by atoms with Crippen molar-refractivity contribution < 1.29 is 14.3 Å². The molecule has 5 nitrogen and oxygen atoms in total. The number of nitrogens with zero attached hydrogens (tertiary/aromatic N) is 1. The third-order valence-corrected chi connectivity index (χ3v) is 3.91. The van der Waals surface area contributed by atoms with Crippen molar-refractivity contribution in [2.75, 3.05) is 36.5 Å². The number of hydrogen-bond donors (Lipinski definition) is 1. The van der Waals surface area contributed by atoms with Crippen molar-refractivity contribution >= 4 is 17.5 Å². The molecule has 0 radical (unpaired) electrons. The number of hydrogen-bond acceptors (Lipinski definition) is 4. The molecule has 0 aliphatic carbocycles. The molecule has 1 saturated heterocycles. The monoisotopic (exact) mass is 326 g/mol. The van der Waals surface area contributed by atoms with E-state index in [2.05, 4.69) is 10.2 Å². The molecule has 24 heavy (non-hydrogen) atoms. The van der Waals surface area contributed by atoms with Crippen molar-refractivity contribution in [1.82, 2.24) is 0 Å². The zero-order chi connectivity index (χ0) is 16.6. The Hall–Kier alpha value is -2.53. The smallest absolute Gasteiger partial charge is 0.411 e. The van der Waals surface area contributed by atoms with Gasteiger partial charge < -0.3 is 14.4 Å². The Morgan fingerprint density at radius 3 is 2.62 bits per heavy atom. The van der Waals surface area contributed by atoms with Crippen LogP contribution in [0.1, 0.15) is 12.0 Å². The number of rotatable bonds is 4. The predicted molar refractivity (Wildman–Crippen MR) is 94.3 cm³/mol. The predicted octanol–water partition coefficient (Wildman–Crippen LogP) is 3.66. The summed E-state index contributed by atoms with van der Waals surface area (Å²) in [5, 5.41) is 2.75. The number of carbonyl (C=O) groups is 1. The summed E-state index contributed by atoms with van der Waals surface area (Å²) in [7, 11) is 0.